The average molecular weight is 751 g/mol. The van der Waals surface area contributed by atoms with E-state index in [4.69, 9.17) is 4.74 Å². The predicted octanol–water partition coefficient (Wildman–Crippen LogP) is 6.46. The molecule has 302 valence electrons. The summed E-state index contributed by atoms with van der Waals surface area (Å²) in [5, 5.41) is 12.9. The van der Waals surface area contributed by atoms with Gasteiger partial charge in [0.2, 0.25) is 11.8 Å². The molecule has 1 aromatic carbocycles. The van der Waals surface area contributed by atoms with Gasteiger partial charge >= 0.3 is 0 Å². The van der Waals surface area contributed by atoms with Gasteiger partial charge in [0.1, 0.15) is 5.78 Å². The summed E-state index contributed by atoms with van der Waals surface area (Å²) in [6.07, 6.45) is 5.46. The van der Waals surface area contributed by atoms with Gasteiger partial charge in [0, 0.05) is 81.2 Å². The van der Waals surface area contributed by atoms with Crippen molar-refractivity contribution in [2.75, 3.05) is 41.4 Å². The molecule has 1 fully saturated rings. The molecule has 2 amide bonds. The number of carbonyl (C=O) groups is 4. The zero-order valence-corrected chi connectivity index (χ0v) is 35.1. The Labute approximate surface area is 325 Å². The molecule has 1 unspecified atom stereocenters. The van der Waals surface area contributed by atoms with Crippen LogP contribution in [0, 0.1) is 35.5 Å². The third kappa shape index (κ3) is 11.2. The van der Waals surface area contributed by atoms with Crippen LogP contribution in [0.2, 0.25) is 0 Å². The maximum Gasteiger partial charge on any atom is 0.226 e. The van der Waals surface area contributed by atoms with Crippen LogP contribution in [0.15, 0.2) is 36.5 Å². The second-order valence-corrected chi connectivity index (χ2v) is 16.7. The molecule has 54 heavy (non-hydrogen) atoms. The summed E-state index contributed by atoms with van der Waals surface area (Å²) in [5.41, 5.74) is 0.980. The van der Waals surface area contributed by atoms with Gasteiger partial charge in [-0.25, -0.2) is 0 Å². The number of nitrogens with zero attached hydrogens (tertiary/aromatic N) is 4. The van der Waals surface area contributed by atoms with Crippen molar-refractivity contribution in [1.29, 1.82) is 0 Å². The smallest absolute Gasteiger partial charge is 0.226 e. The zero-order chi connectivity index (χ0) is 40.3. The Morgan fingerprint density at radius 3 is 2.24 bits per heavy atom. The van der Waals surface area contributed by atoms with Crippen molar-refractivity contribution >= 4 is 34.2 Å². The molecule has 0 bridgehead atoms. The van der Waals surface area contributed by atoms with E-state index < -0.39 is 24.0 Å². The molecule has 1 N–H and O–H groups in total. The lowest BCUT2D eigenvalue weighted by Crippen LogP contribution is -2.54. The summed E-state index contributed by atoms with van der Waals surface area (Å²) < 4.78 is 6.05. The molecule has 0 spiro atoms. The summed E-state index contributed by atoms with van der Waals surface area (Å²) >= 11 is 0. The van der Waals surface area contributed by atoms with Crippen LogP contribution in [0.25, 0.3) is 10.8 Å². The van der Waals surface area contributed by atoms with Gasteiger partial charge < -0.3 is 19.6 Å². The van der Waals surface area contributed by atoms with Crippen molar-refractivity contribution in [3.8, 4) is 0 Å². The summed E-state index contributed by atoms with van der Waals surface area (Å²) in [5.74, 6) is -1.28. The van der Waals surface area contributed by atoms with E-state index in [2.05, 4.69) is 31.0 Å². The molecular weight excluding hydrogens is 681 g/mol. The minimum atomic E-state index is -0.578. The fourth-order valence-corrected chi connectivity index (χ4v) is 8.92. The number of Topliss-reactive ketones (excluding diaryl/α,β-unsaturated/α-hetero) is 2. The number of hydrogen-bond acceptors (Lipinski definition) is 8. The number of carbonyl (C=O) groups excluding carboxylic acids is 4. The minimum Gasteiger partial charge on any atom is -0.396 e. The number of aliphatic hydroxyl groups is 1. The van der Waals surface area contributed by atoms with Crippen molar-refractivity contribution in [3.05, 3.63) is 42.2 Å². The Morgan fingerprint density at radius 2 is 1.65 bits per heavy atom. The van der Waals surface area contributed by atoms with E-state index in [1.165, 1.54) is 0 Å². The van der Waals surface area contributed by atoms with Crippen LogP contribution in [-0.4, -0.2) is 114 Å². The minimum absolute atomic E-state index is 0.0201. The number of ether oxygens (including phenoxy) is 1. The first-order valence-electron chi connectivity index (χ1n) is 20.3. The van der Waals surface area contributed by atoms with Gasteiger partial charge in [-0.15, -0.1) is 0 Å². The van der Waals surface area contributed by atoms with E-state index in [9.17, 15) is 24.3 Å². The normalized spacial score (nSPS) is 18.8. The highest BCUT2D eigenvalue weighted by Crippen LogP contribution is 2.33. The lowest BCUT2D eigenvalue weighted by atomic mass is 9.82. The van der Waals surface area contributed by atoms with Crippen molar-refractivity contribution < 1.29 is 29.0 Å². The van der Waals surface area contributed by atoms with Gasteiger partial charge in [0.15, 0.2) is 5.78 Å². The number of likely N-dealkylation sites (N-methyl/N-ethyl adjacent to an activating group) is 2. The number of likely N-dealkylation sites (tertiary alicyclic amines) is 1. The number of methoxy groups -OCH3 is 1. The number of hydrogen-bond donors (Lipinski definition) is 1. The Balaban J connectivity index is 1.73. The summed E-state index contributed by atoms with van der Waals surface area (Å²) in [6.45, 7) is 14.4. The highest BCUT2D eigenvalue weighted by Gasteiger charge is 2.42. The first-order valence-corrected chi connectivity index (χ1v) is 20.3. The summed E-state index contributed by atoms with van der Waals surface area (Å²) in [4.78, 5) is 65.6. The number of amides is 2. The van der Waals surface area contributed by atoms with Crippen LogP contribution in [0.3, 0.4) is 0 Å². The Bertz CT molecular complexity index is 1510. The van der Waals surface area contributed by atoms with Crippen LogP contribution in [0.5, 0.6) is 0 Å². The molecular formula is C44H70N4O6. The molecule has 10 heteroatoms. The SMILES string of the molecule is CC[C@H](C)C([C@@H](CC(=O)N1CCC[C@H]1[C@H](CO)[C@@H](C)C(=O)CCCc1nccc2ccccc12)OC)N(C)C(=O)[C@@H](CC(=O)[C@H](C(C)C)N(C)C)C(C)C. The van der Waals surface area contributed by atoms with Gasteiger partial charge in [0.25, 0.3) is 0 Å². The monoisotopic (exact) mass is 751 g/mol. The van der Waals surface area contributed by atoms with Crippen molar-refractivity contribution in [1.82, 2.24) is 19.7 Å². The van der Waals surface area contributed by atoms with Gasteiger partial charge in [-0.3, -0.25) is 29.1 Å². The number of benzene rings is 1. The lowest BCUT2D eigenvalue weighted by Gasteiger charge is -2.41. The summed E-state index contributed by atoms with van der Waals surface area (Å²) in [7, 11) is 7.18. The molecule has 2 aromatic rings. The van der Waals surface area contributed by atoms with Crippen LogP contribution in [-0.2, 0) is 30.3 Å². The maximum absolute atomic E-state index is 14.3. The van der Waals surface area contributed by atoms with Crippen LogP contribution < -0.4 is 0 Å². The fourth-order valence-electron chi connectivity index (χ4n) is 8.92. The lowest BCUT2D eigenvalue weighted by molar-refractivity contribution is -0.148. The van der Waals surface area contributed by atoms with Gasteiger partial charge in [-0.05, 0) is 69.0 Å². The van der Waals surface area contributed by atoms with Gasteiger partial charge in [0.05, 0.1) is 24.6 Å². The van der Waals surface area contributed by atoms with E-state index in [0.717, 1.165) is 29.3 Å². The Morgan fingerprint density at radius 1 is 0.963 bits per heavy atom. The molecule has 1 aliphatic heterocycles. The van der Waals surface area contributed by atoms with Crippen LogP contribution in [0.1, 0.15) is 99.1 Å². The highest BCUT2D eigenvalue weighted by molar-refractivity contribution is 5.90. The van der Waals surface area contributed by atoms with E-state index >= 15 is 0 Å². The predicted molar refractivity (Wildman–Crippen MR) is 216 cm³/mol. The molecule has 10 nitrogen and oxygen atoms in total. The van der Waals surface area contributed by atoms with Crippen molar-refractivity contribution in [2.45, 2.75) is 124 Å². The first-order chi connectivity index (χ1) is 25.6. The molecule has 2 heterocycles. The highest BCUT2D eigenvalue weighted by atomic mass is 16.5. The Hall–Kier alpha value is -3.21. The number of fused-ring (bicyclic) bond motifs is 1. The van der Waals surface area contributed by atoms with Gasteiger partial charge in [-0.2, -0.15) is 0 Å². The molecule has 3 rings (SSSR count). The number of rotatable bonds is 22. The van der Waals surface area contributed by atoms with Crippen molar-refractivity contribution in [3.63, 3.8) is 0 Å². The molecule has 1 saturated heterocycles. The average Bonchev–Trinajstić information content (AvgIpc) is 3.62. The van der Waals surface area contributed by atoms with E-state index in [-0.39, 0.29) is 78.6 Å². The maximum atomic E-state index is 14.3. The quantitative estimate of drug-likeness (QED) is 0.146. The zero-order valence-electron chi connectivity index (χ0n) is 35.1. The number of ketones is 2. The number of aryl methyl sites for hydroxylation is 1. The van der Waals surface area contributed by atoms with Gasteiger partial charge in [-0.1, -0.05) is 79.2 Å². The first kappa shape index (κ1) is 45.2. The molecule has 0 radical (unpaired) electrons. The molecule has 0 saturated carbocycles. The van der Waals surface area contributed by atoms with Crippen LogP contribution >= 0.6 is 0 Å². The summed E-state index contributed by atoms with van der Waals surface area (Å²) in [6, 6.07) is 9.19. The Kier molecular flexibility index (Phi) is 17.7. The largest absolute Gasteiger partial charge is 0.396 e. The molecule has 8 atom stereocenters. The van der Waals surface area contributed by atoms with Crippen LogP contribution in [0.4, 0.5) is 0 Å². The fraction of sp³-hybridized carbons (Fsp3) is 0.705. The second kappa shape index (κ2) is 21.2. The molecule has 1 aliphatic rings. The molecule has 0 aliphatic carbocycles. The number of aromatic nitrogens is 1. The van der Waals surface area contributed by atoms with E-state index in [0.29, 0.717) is 32.2 Å². The van der Waals surface area contributed by atoms with E-state index in [1.807, 2.05) is 82.9 Å². The third-order valence-corrected chi connectivity index (χ3v) is 12.2. The third-order valence-electron chi connectivity index (χ3n) is 12.2. The second-order valence-electron chi connectivity index (χ2n) is 16.7. The topological polar surface area (TPSA) is 120 Å². The molecule has 1 aromatic heterocycles. The number of pyridine rings is 1. The standard InChI is InChI=1S/C44H70N4O6/c1-12-30(6)43(47(10)44(53)34(28(2)3)25-39(51)42(29(4)5)46(8)9)40(54-11)26-41(52)48-24-16-20-37(48)35(27-49)31(7)38(50)21-15-19-36-33-18-14-13-17-32(33)22-23-45-36/h13-14,17-18,22-23,28-31,34-35,37,40,42-43,49H,12,15-16,19-21,24-27H2,1-11H3/t30-,31+,34-,35+,37-,40+,42-,43?/m0/s1. The van der Waals surface area contributed by atoms with Crippen molar-refractivity contribution in [2.24, 2.45) is 35.5 Å². The number of aliphatic hydroxyl groups excluding tert-OH is 1. The van der Waals surface area contributed by atoms with E-state index in [1.54, 1.807) is 19.1 Å².